The van der Waals surface area contributed by atoms with Crippen LogP contribution in [0.25, 0.3) is 6.20 Å². The van der Waals surface area contributed by atoms with E-state index in [4.69, 9.17) is 0 Å². The molecule has 0 spiro atoms. The maximum atomic E-state index is 12.2. The summed E-state index contributed by atoms with van der Waals surface area (Å²) in [6, 6.07) is 0.635. The fourth-order valence-electron chi connectivity index (χ4n) is 2.64. The van der Waals surface area contributed by atoms with E-state index in [1.165, 1.54) is 19.3 Å². The van der Waals surface area contributed by atoms with E-state index in [0.29, 0.717) is 11.6 Å². The van der Waals surface area contributed by atoms with Gasteiger partial charge < -0.3 is 4.90 Å². The van der Waals surface area contributed by atoms with Crippen molar-refractivity contribution in [3.63, 3.8) is 0 Å². The number of carbonyl (C=O) groups excluding carboxylic acids is 1. The standard InChI is InChI=1S/C15H24N4O/c1-4-19-12-14(11-16-19)15(20)17(3)9-10-18-8-6-5-7-13(18)2/h4,11-13H,1,5-10H2,2-3H3. The van der Waals surface area contributed by atoms with Crippen LogP contribution in [0.3, 0.4) is 0 Å². The molecule has 0 aliphatic carbocycles. The molecule has 1 saturated heterocycles. The van der Waals surface area contributed by atoms with Gasteiger partial charge in [-0.2, -0.15) is 5.10 Å². The lowest BCUT2D eigenvalue weighted by molar-refractivity contribution is 0.0752. The monoisotopic (exact) mass is 276 g/mol. The molecule has 1 aliphatic rings. The third-order valence-electron chi connectivity index (χ3n) is 4.05. The number of hydrogen-bond acceptors (Lipinski definition) is 3. The Balaban J connectivity index is 1.86. The van der Waals surface area contributed by atoms with E-state index in [-0.39, 0.29) is 5.91 Å². The Hall–Kier alpha value is -1.62. The molecule has 1 aromatic rings. The summed E-state index contributed by atoms with van der Waals surface area (Å²) in [6.45, 7) is 8.74. The van der Waals surface area contributed by atoms with Crippen molar-refractivity contribution in [2.75, 3.05) is 26.7 Å². The van der Waals surface area contributed by atoms with E-state index >= 15 is 0 Å². The Bertz CT molecular complexity index is 468. The molecule has 1 aliphatic heterocycles. The first-order valence-corrected chi connectivity index (χ1v) is 7.28. The maximum Gasteiger partial charge on any atom is 0.256 e. The summed E-state index contributed by atoms with van der Waals surface area (Å²) in [7, 11) is 1.85. The van der Waals surface area contributed by atoms with Gasteiger partial charge in [0.2, 0.25) is 0 Å². The second-order valence-corrected chi connectivity index (χ2v) is 5.50. The molecular formula is C15H24N4O. The predicted octanol–water partition coefficient (Wildman–Crippen LogP) is 1.93. The van der Waals surface area contributed by atoms with Crippen molar-refractivity contribution in [2.45, 2.75) is 32.2 Å². The summed E-state index contributed by atoms with van der Waals surface area (Å²) in [6.07, 6.45) is 8.73. The first kappa shape index (κ1) is 14.8. The van der Waals surface area contributed by atoms with Crippen molar-refractivity contribution in [1.82, 2.24) is 19.6 Å². The highest BCUT2D eigenvalue weighted by Gasteiger charge is 2.20. The highest BCUT2D eigenvalue weighted by molar-refractivity contribution is 5.93. The minimum Gasteiger partial charge on any atom is -0.340 e. The molecule has 110 valence electrons. The predicted molar refractivity (Wildman–Crippen MR) is 80.5 cm³/mol. The van der Waals surface area contributed by atoms with E-state index in [1.807, 2.05) is 7.05 Å². The van der Waals surface area contributed by atoms with Crippen molar-refractivity contribution in [3.8, 4) is 0 Å². The van der Waals surface area contributed by atoms with Crippen LogP contribution in [-0.2, 0) is 0 Å². The number of amides is 1. The maximum absolute atomic E-state index is 12.2. The van der Waals surface area contributed by atoms with Crippen molar-refractivity contribution in [3.05, 3.63) is 24.5 Å². The van der Waals surface area contributed by atoms with Crippen LogP contribution >= 0.6 is 0 Å². The number of rotatable bonds is 5. The molecule has 1 unspecified atom stereocenters. The number of hydrogen-bond donors (Lipinski definition) is 0. The van der Waals surface area contributed by atoms with Gasteiger partial charge in [-0.15, -0.1) is 0 Å². The molecular weight excluding hydrogens is 252 g/mol. The van der Waals surface area contributed by atoms with Gasteiger partial charge in [0.15, 0.2) is 0 Å². The summed E-state index contributed by atoms with van der Waals surface area (Å²) in [4.78, 5) is 16.5. The molecule has 1 amide bonds. The molecule has 5 heteroatoms. The Kier molecular flexibility index (Phi) is 4.95. The van der Waals surface area contributed by atoms with E-state index < -0.39 is 0 Å². The normalized spacial score (nSPS) is 19.8. The summed E-state index contributed by atoms with van der Waals surface area (Å²) >= 11 is 0. The van der Waals surface area contributed by atoms with E-state index in [2.05, 4.69) is 23.5 Å². The average molecular weight is 276 g/mol. The molecule has 2 heterocycles. The Morgan fingerprint density at radius 3 is 3.05 bits per heavy atom. The smallest absolute Gasteiger partial charge is 0.256 e. The first-order valence-electron chi connectivity index (χ1n) is 7.28. The molecule has 2 rings (SSSR count). The second kappa shape index (κ2) is 6.70. The summed E-state index contributed by atoms with van der Waals surface area (Å²) in [5.74, 6) is 0.0164. The fourth-order valence-corrected chi connectivity index (χ4v) is 2.64. The van der Waals surface area contributed by atoms with E-state index in [9.17, 15) is 4.79 Å². The summed E-state index contributed by atoms with van der Waals surface area (Å²) < 4.78 is 1.55. The quantitative estimate of drug-likeness (QED) is 0.825. The van der Waals surface area contributed by atoms with Gasteiger partial charge in [-0.3, -0.25) is 9.69 Å². The minimum absolute atomic E-state index is 0.0164. The molecule has 0 N–H and O–H groups in total. The number of piperidine rings is 1. The third-order valence-corrected chi connectivity index (χ3v) is 4.05. The number of carbonyl (C=O) groups is 1. The molecule has 1 aromatic heterocycles. The van der Waals surface area contributed by atoms with Gasteiger partial charge in [0.25, 0.3) is 5.91 Å². The topological polar surface area (TPSA) is 41.4 Å². The molecule has 1 atom stereocenters. The highest BCUT2D eigenvalue weighted by Crippen LogP contribution is 2.15. The fraction of sp³-hybridized carbons (Fsp3) is 0.600. The number of likely N-dealkylation sites (tertiary alicyclic amines) is 1. The van der Waals surface area contributed by atoms with Crippen LogP contribution in [0, 0.1) is 0 Å². The Labute approximate surface area is 120 Å². The van der Waals surface area contributed by atoms with Gasteiger partial charge in [0.1, 0.15) is 0 Å². The molecule has 0 radical (unpaired) electrons. The van der Waals surface area contributed by atoms with Gasteiger partial charge in [-0.25, -0.2) is 4.68 Å². The minimum atomic E-state index is 0.0164. The van der Waals surface area contributed by atoms with E-state index in [1.54, 1.807) is 28.2 Å². The lowest BCUT2D eigenvalue weighted by atomic mass is 10.0. The zero-order chi connectivity index (χ0) is 14.5. The van der Waals surface area contributed by atoms with E-state index in [0.717, 1.165) is 19.6 Å². The van der Waals surface area contributed by atoms with Gasteiger partial charge >= 0.3 is 0 Å². The Morgan fingerprint density at radius 1 is 1.60 bits per heavy atom. The van der Waals surface area contributed by atoms with Crippen LogP contribution < -0.4 is 0 Å². The molecule has 0 saturated carbocycles. The van der Waals surface area contributed by atoms with Crippen molar-refractivity contribution in [2.24, 2.45) is 0 Å². The first-order chi connectivity index (χ1) is 9.61. The molecule has 1 fully saturated rings. The number of aromatic nitrogens is 2. The van der Waals surface area contributed by atoms with Gasteiger partial charge in [-0.1, -0.05) is 13.0 Å². The van der Waals surface area contributed by atoms with Gasteiger partial charge in [0, 0.05) is 38.6 Å². The number of likely N-dealkylation sites (N-methyl/N-ethyl adjacent to an activating group) is 1. The van der Waals surface area contributed by atoms with Crippen LogP contribution in [-0.4, -0.2) is 58.2 Å². The lowest BCUT2D eigenvalue weighted by Crippen LogP contribution is -2.42. The van der Waals surface area contributed by atoms with Crippen LogP contribution in [0.15, 0.2) is 19.0 Å². The van der Waals surface area contributed by atoms with Gasteiger partial charge in [-0.05, 0) is 26.3 Å². The average Bonchev–Trinajstić information content (AvgIpc) is 2.94. The number of nitrogens with zero attached hydrogens (tertiary/aromatic N) is 4. The zero-order valence-electron chi connectivity index (χ0n) is 12.5. The lowest BCUT2D eigenvalue weighted by Gasteiger charge is -2.34. The van der Waals surface area contributed by atoms with Crippen molar-refractivity contribution >= 4 is 12.1 Å². The van der Waals surface area contributed by atoms with Crippen LogP contribution in [0.1, 0.15) is 36.5 Å². The van der Waals surface area contributed by atoms with Crippen LogP contribution in [0.2, 0.25) is 0 Å². The highest BCUT2D eigenvalue weighted by atomic mass is 16.2. The Morgan fingerprint density at radius 2 is 2.40 bits per heavy atom. The second-order valence-electron chi connectivity index (χ2n) is 5.50. The van der Waals surface area contributed by atoms with Crippen LogP contribution in [0.5, 0.6) is 0 Å². The van der Waals surface area contributed by atoms with Crippen molar-refractivity contribution in [1.29, 1.82) is 0 Å². The van der Waals surface area contributed by atoms with Crippen molar-refractivity contribution < 1.29 is 4.79 Å². The zero-order valence-corrected chi connectivity index (χ0v) is 12.5. The summed E-state index contributed by atoms with van der Waals surface area (Å²) in [5.41, 5.74) is 0.610. The molecule has 5 nitrogen and oxygen atoms in total. The third kappa shape index (κ3) is 3.48. The molecule has 0 aromatic carbocycles. The molecule has 0 bridgehead atoms. The summed E-state index contributed by atoms with van der Waals surface area (Å²) in [5, 5.41) is 4.04. The molecule has 20 heavy (non-hydrogen) atoms. The SMILES string of the molecule is C=Cn1cc(C(=O)N(C)CCN2CCCCC2C)cn1. The van der Waals surface area contributed by atoms with Crippen LogP contribution in [0.4, 0.5) is 0 Å². The van der Waals surface area contributed by atoms with Gasteiger partial charge in [0.05, 0.1) is 11.8 Å². The largest absolute Gasteiger partial charge is 0.340 e.